The van der Waals surface area contributed by atoms with Crippen LogP contribution >= 0.6 is 0 Å². The summed E-state index contributed by atoms with van der Waals surface area (Å²) in [4.78, 5) is 17.8. The highest BCUT2D eigenvalue weighted by molar-refractivity contribution is 6.10. The van der Waals surface area contributed by atoms with Crippen molar-refractivity contribution in [2.75, 3.05) is 32.3 Å². The molecule has 0 unspecified atom stereocenters. The van der Waals surface area contributed by atoms with Crippen molar-refractivity contribution in [3.05, 3.63) is 53.6 Å². The molecule has 1 N–H and O–H groups in total. The van der Waals surface area contributed by atoms with Gasteiger partial charge in [-0.2, -0.15) is 20.7 Å². The van der Waals surface area contributed by atoms with Crippen molar-refractivity contribution in [3.63, 3.8) is 0 Å². The van der Waals surface area contributed by atoms with Crippen LogP contribution in [0.15, 0.2) is 57.8 Å². The average molecular weight is 502 g/mol. The molecule has 1 aliphatic rings. The fourth-order valence-corrected chi connectivity index (χ4v) is 3.31. The number of hydrogen-bond acceptors (Lipinski definition) is 10. The summed E-state index contributed by atoms with van der Waals surface area (Å²) < 4.78 is 11.2. The van der Waals surface area contributed by atoms with Crippen molar-refractivity contribution >= 4 is 29.2 Å². The Bertz CT molecular complexity index is 1240. The molecule has 0 atom stereocenters. The summed E-state index contributed by atoms with van der Waals surface area (Å²) in [6, 6.07) is 15.8. The summed E-state index contributed by atoms with van der Waals surface area (Å²) in [6.07, 6.45) is 3.87. The first-order valence-electron chi connectivity index (χ1n) is 11.7. The summed E-state index contributed by atoms with van der Waals surface area (Å²) in [7, 11) is 1.60. The highest BCUT2D eigenvalue weighted by atomic mass is 16.6. The van der Waals surface area contributed by atoms with E-state index in [9.17, 15) is 4.79 Å². The number of hydrogen-bond donors (Lipinski definition) is 1. The van der Waals surface area contributed by atoms with Crippen LogP contribution < -0.4 is 14.9 Å². The van der Waals surface area contributed by atoms with Gasteiger partial charge in [0.2, 0.25) is 5.71 Å². The molecule has 0 aliphatic carbocycles. The van der Waals surface area contributed by atoms with Crippen LogP contribution in [0.3, 0.4) is 0 Å². The number of hydrazone groups is 2. The number of anilines is 1. The van der Waals surface area contributed by atoms with Crippen LogP contribution in [0.25, 0.3) is 0 Å². The average Bonchev–Trinajstić information content (AvgIpc) is 2.95. The smallest absolute Gasteiger partial charge is 0.283 e. The second-order valence-electron chi connectivity index (χ2n) is 7.81. The van der Waals surface area contributed by atoms with E-state index in [1.807, 2.05) is 25.1 Å². The fourth-order valence-electron chi connectivity index (χ4n) is 3.31. The molecule has 2 aromatic rings. The molecule has 1 heterocycles. The van der Waals surface area contributed by atoms with Crippen LogP contribution in [-0.2, 0) is 9.63 Å². The van der Waals surface area contributed by atoms with Gasteiger partial charge >= 0.3 is 0 Å². The highest BCUT2D eigenvalue weighted by Crippen LogP contribution is 2.29. The lowest BCUT2D eigenvalue weighted by molar-refractivity contribution is -0.136. The lowest BCUT2D eigenvalue weighted by Crippen LogP contribution is -2.34. The molecule has 0 bridgehead atoms. The molecular formula is C26H27N7O4. The molecule has 3 rings (SSSR count). The van der Waals surface area contributed by atoms with Crippen molar-refractivity contribution < 1.29 is 19.1 Å². The summed E-state index contributed by atoms with van der Waals surface area (Å²) in [5.41, 5.74) is 5.33. The van der Waals surface area contributed by atoms with E-state index >= 15 is 0 Å². The third kappa shape index (κ3) is 7.80. The largest absolute Gasteiger partial charge is 0.493 e. The van der Waals surface area contributed by atoms with Gasteiger partial charge in [-0.3, -0.25) is 10.2 Å². The molecule has 11 heteroatoms. The van der Waals surface area contributed by atoms with E-state index in [4.69, 9.17) is 24.8 Å². The zero-order valence-corrected chi connectivity index (χ0v) is 20.7. The number of ether oxygens (including phenoxy) is 2. The van der Waals surface area contributed by atoms with Gasteiger partial charge in [-0.1, -0.05) is 24.2 Å². The van der Waals surface area contributed by atoms with Gasteiger partial charge in [-0.25, -0.2) is 5.01 Å². The maximum atomic E-state index is 12.6. The zero-order valence-electron chi connectivity index (χ0n) is 20.7. The number of rotatable bonds is 11. The number of amides is 1. The molecule has 1 aliphatic heterocycles. The molecule has 1 amide bonds. The third-order valence-corrected chi connectivity index (χ3v) is 5.15. The number of carbonyl (C=O) groups excluding carboxylic acids is 1. The molecule has 0 fully saturated rings. The predicted octanol–water partition coefficient (Wildman–Crippen LogP) is 3.68. The van der Waals surface area contributed by atoms with E-state index in [0.717, 1.165) is 36.1 Å². The minimum Gasteiger partial charge on any atom is -0.493 e. The summed E-state index contributed by atoms with van der Waals surface area (Å²) in [5, 5.41) is 30.8. The molecule has 190 valence electrons. The van der Waals surface area contributed by atoms with E-state index in [-0.39, 0.29) is 18.2 Å². The maximum Gasteiger partial charge on any atom is 0.283 e. The van der Waals surface area contributed by atoms with E-state index in [1.54, 1.807) is 43.5 Å². The van der Waals surface area contributed by atoms with Crippen molar-refractivity contribution in [3.8, 4) is 23.6 Å². The Morgan fingerprint density at radius 3 is 2.68 bits per heavy atom. The van der Waals surface area contributed by atoms with Crippen LogP contribution in [0, 0.1) is 22.7 Å². The minimum atomic E-state index is -0.298. The minimum absolute atomic E-state index is 0.250. The number of nitrogens with zero attached hydrogens (tertiary/aromatic N) is 6. The predicted molar refractivity (Wildman–Crippen MR) is 139 cm³/mol. The van der Waals surface area contributed by atoms with Gasteiger partial charge in [-0.15, -0.1) is 0 Å². The first-order valence-corrected chi connectivity index (χ1v) is 11.7. The highest BCUT2D eigenvalue weighted by Gasteiger charge is 2.20. The van der Waals surface area contributed by atoms with Gasteiger partial charge < -0.3 is 14.3 Å². The van der Waals surface area contributed by atoms with Crippen molar-refractivity contribution in [2.45, 2.75) is 26.2 Å². The summed E-state index contributed by atoms with van der Waals surface area (Å²) >= 11 is 0. The number of benzene rings is 2. The number of nitriles is 2. The Morgan fingerprint density at radius 1 is 1.19 bits per heavy atom. The van der Waals surface area contributed by atoms with Gasteiger partial charge in [0.1, 0.15) is 12.1 Å². The van der Waals surface area contributed by atoms with Crippen LogP contribution in [0.2, 0.25) is 0 Å². The monoisotopic (exact) mass is 501 g/mol. The number of carbonyl (C=O) groups is 1. The lowest BCUT2D eigenvalue weighted by atomic mass is 10.0. The number of methoxy groups -OCH3 is 1. The van der Waals surface area contributed by atoms with E-state index in [1.165, 1.54) is 11.2 Å². The standard InChI is InChI=1S/C26H27N7O4/c1-3-13-36-25-14-20(8-11-24(25)35-2)23-5-4-12-33(32-23)26(34)18-37-29-17-19-6-9-21(10-7-19)30-31-22(15-27)16-28/h6-11,14,17,30H,3-5,12-13,18H2,1-2H3/b29-17+. The SMILES string of the molecule is CCCOc1cc(C2=NN(C(=O)CO/N=C/c3ccc(NN=C(C#N)C#N)cc3)CCC2)ccc1OC. The molecule has 0 aromatic heterocycles. The normalized spacial score (nSPS) is 12.6. The van der Waals surface area contributed by atoms with Crippen LogP contribution in [0.5, 0.6) is 11.5 Å². The number of nitrogens with one attached hydrogen (secondary N) is 1. The Labute approximate surface area is 215 Å². The zero-order chi connectivity index (χ0) is 26.5. The van der Waals surface area contributed by atoms with E-state index in [2.05, 4.69) is 20.8 Å². The summed E-state index contributed by atoms with van der Waals surface area (Å²) in [5.74, 6) is 1.00. The van der Waals surface area contributed by atoms with Crippen molar-refractivity contribution in [2.24, 2.45) is 15.4 Å². The maximum absolute atomic E-state index is 12.6. The molecule has 0 saturated heterocycles. The number of oxime groups is 1. The second-order valence-corrected chi connectivity index (χ2v) is 7.81. The van der Waals surface area contributed by atoms with Crippen LogP contribution in [0.4, 0.5) is 5.69 Å². The molecule has 0 radical (unpaired) electrons. The topological polar surface area (TPSA) is 145 Å². The van der Waals surface area contributed by atoms with Crippen molar-refractivity contribution in [1.29, 1.82) is 10.5 Å². The fraction of sp³-hybridized carbons (Fsp3) is 0.308. The van der Waals surface area contributed by atoms with Crippen LogP contribution in [-0.4, -0.2) is 55.4 Å². The molecule has 0 spiro atoms. The van der Waals surface area contributed by atoms with Gasteiger partial charge in [0.15, 0.2) is 18.1 Å². The lowest BCUT2D eigenvalue weighted by Gasteiger charge is -2.23. The van der Waals surface area contributed by atoms with Gasteiger partial charge in [0.05, 0.1) is 31.3 Å². The van der Waals surface area contributed by atoms with E-state index < -0.39 is 0 Å². The first kappa shape index (κ1) is 26.7. The quantitative estimate of drug-likeness (QED) is 0.365. The Balaban J connectivity index is 1.56. The van der Waals surface area contributed by atoms with Crippen molar-refractivity contribution in [1.82, 2.24) is 5.01 Å². The first-order chi connectivity index (χ1) is 18.1. The van der Waals surface area contributed by atoms with Gasteiger partial charge in [0.25, 0.3) is 5.91 Å². The molecule has 2 aromatic carbocycles. The van der Waals surface area contributed by atoms with Crippen LogP contribution in [0.1, 0.15) is 37.3 Å². The molecular weight excluding hydrogens is 474 g/mol. The van der Waals surface area contributed by atoms with Gasteiger partial charge in [-0.05, 0) is 55.2 Å². The molecule has 11 nitrogen and oxygen atoms in total. The molecule has 37 heavy (non-hydrogen) atoms. The Hall–Kier alpha value is -4.90. The Kier molecular flexibility index (Phi) is 10.00. The van der Waals surface area contributed by atoms with E-state index in [0.29, 0.717) is 30.3 Å². The molecule has 0 saturated carbocycles. The second kappa shape index (κ2) is 13.9. The summed E-state index contributed by atoms with van der Waals surface area (Å²) in [6.45, 7) is 2.87. The Morgan fingerprint density at radius 2 is 1.97 bits per heavy atom. The third-order valence-electron chi connectivity index (χ3n) is 5.15. The van der Waals surface area contributed by atoms with Gasteiger partial charge in [0, 0.05) is 12.1 Å².